The lowest BCUT2D eigenvalue weighted by Crippen LogP contribution is -2.30. The average molecular weight is 309 g/mol. The summed E-state index contributed by atoms with van der Waals surface area (Å²) < 4.78 is 25.6. The minimum absolute atomic E-state index is 0.0690. The molecule has 20 heavy (non-hydrogen) atoms. The van der Waals surface area contributed by atoms with Crippen molar-refractivity contribution >= 4 is 27.1 Å². The Morgan fingerprint density at radius 2 is 1.90 bits per heavy atom. The maximum atomic E-state index is 12.7. The highest BCUT2D eigenvalue weighted by Gasteiger charge is 2.29. The highest BCUT2D eigenvalue weighted by atomic mass is 32.2. The molecule has 1 N–H and O–H groups in total. The number of nitrogens with one attached hydrogen (secondary N) is 1. The zero-order valence-corrected chi connectivity index (χ0v) is 12.6. The summed E-state index contributed by atoms with van der Waals surface area (Å²) in [5, 5.41) is 3.56. The van der Waals surface area contributed by atoms with E-state index < -0.39 is 15.1 Å². The fourth-order valence-corrected chi connectivity index (χ4v) is 4.74. The summed E-state index contributed by atoms with van der Waals surface area (Å²) in [7, 11) is -3.50. The van der Waals surface area contributed by atoms with Crippen LogP contribution in [0.15, 0.2) is 52.1 Å². The van der Waals surface area contributed by atoms with Crippen molar-refractivity contribution in [3.63, 3.8) is 0 Å². The Morgan fingerprint density at radius 1 is 1.20 bits per heavy atom. The van der Waals surface area contributed by atoms with Crippen LogP contribution in [0.2, 0.25) is 0 Å². The van der Waals surface area contributed by atoms with Gasteiger partial charge in [-0.1, -0.05) is 36.4 Å². The number of hydrogen-bond acceptors (Lipinski definition) is 4. The van der Waals surface area contributed by atoms with E-state index in [1.165, 1.54) is 18.3 Å². The number of hydrogen-bond donors (Lipinski definition) is 1. The van der Waals surface area contributed by atoms with Crippen molar-refractivity contribution < 1.29 is 13.2 Å². The van der Waals surface area contributed by atoms with Crippen molar-refractivity contribution in [1.29, 1.82) is 0 Å². The lowest BCUT2D eigenvalue weighted by Gasteiger charge is -2.17. The molecular weight excluding hydrogens is 294 g/mol. The van der Waals surface area contributed by atoms with Gasteiger partial charge in [0.05, 0.1) is 0 Å². The molecule has 1 aromatic heterocycles. The second kappa shape index (κ2) is 6.19. The van der Waals surface area contributed by atoms with Crippen molar-refractivity contribution in [2.75, 3.05) is 6.54 Å². The summed E-state index contributed by atoms with van der Waals surface area (Å²) in [6.07, 6.45) is 0. The normalized spacial score (nSPS) is 12.8. The smallest absolute Gasteiger partial charge is 0.216 e. The zero-order valence-electron chi connectivity index (χ0n) is 10.9. The van der Waals surface area contributed by atoms with Crippen LogP contribution >= 0.6 is 11.3 Å². The van der Waals surface area contributed by atoms with Crippen molar-refractivity contribution in [2.45, 2.75) is 16.4 Å². The fraction of sp³-hybridized carbons (Fsp3) is 0.214. The van der Waals surface area contributed by atoms with Gasteiger partial charge in [-0.25, -0.2) is 8.42 Å². The summed E-state index contributed by atoms with van der Waals surface area (Å²) in [6, 6.07) is 12.2. The maximum Gasteiger partial charge on any atom is 0.216 e. The van der Waals surface area contributed by atoms with Gasteiger partial charge in [-0.3, -0.25) is 4.79 Å². The van der Waals surface area contributed by atoms with Crippen molar-refractivity contribution in [1.82, 2.24) is 5.32 Å². The molecule has 0 saturated carbocycles. The molecule has 1 aromatic carbocycles. The van der Waals surface area contributed by atoms with Gasteiger partial charge < -0.3 is 5.32 Å². The van der Waals surface area contributed by atoms with E-state index in [1.54, 1.807) is 41.8 Å². The summed E-state index contributed by atoms with van der Waals surface area (Å²) in [4.78, 5) is 11.1. The number of sulfone groups is 1. The van der Waals surface area contributed by atoms with E-state index >= 15 is 0 Å². The molecule has 1 heterocycles. The molecule has 106 valence electrons. The highest BCUT2D eigenvalue weighted by Crippen LogP contribution is 2.30. The average Bonchev–Trinajstić information content (AvgIpc) is 2.94. The van der Waals surface area contributed by atoms with Gasteiger partial charge in [0, 0.05) is 13.5 Å². The first-order valence-electron chi connectivity index (χ1n) is 6.08. The summed E-state index contributed by atoms with van der Waals surface area (Å²) in [5.74, 6) is -0.243. The third-order valence-corrected chi connectivity index (χ3v) is 6.39. The molecule has 4 nitrogen and oxygen atoms in total. The van der Waals surface area contributed by atoms with Crippen LogP contribution in [0.3, 0.4) is 0 Å². The molecule has 0 aliphatic rings. The Bertz CT molecular complexity index is 664. The number of rotatable bonds is 5. The van der Waals surface area contributed by atoms with E-state index in [9.17, 15) is 13.2 Å². The van der Waals surface area contributed by atoms with Gasteiger partial charge in [0.15, 0.2) is 9.84 Å². The van der Waals surface area contributed by atoms with E-state index in [0.717, 1.165) is 0 Å². The minimum Gasteiger partial charge on any atom is -0.355 e. The Hall–Kier alpha value is -1.66. The summed E-state index contributed by atoms with van der Waals surface area (Å²) in [5.41, 5.74) is 0.676. The van der Waals surface area contributed by atoms with Gasteiger partial charge in [0.2, 0.25) is 5.91 Å². The molecule has 0 bridgehead atoms. The van der Waals surface area contributed by atoms with Crippen LogP contribution in [-0.2, 0) is 14.6 Å². The molecule has 6 heteroatoms. The van der Waals surface area contributed by atoms with Crippen LogP contribution in [0.5, 0.6) is 0 Å². The SMILES string of the molecule is CC(=O)NCC(c1ccccc1)S(=O)(=O)c1cccs1. The molecule has 0 fully saturated rings. The number of carbonyl (C=O) groups excluding carboxylic acids is 1. The van der Waals surface area contributed by atoms with Crippen LogP contribution in [0.1, 0.15) is 17.7 Å². The second-order valence-corrected chi connectivity index (χ2v) is 7.62. The van der Waals surface area contributed by atoms with Gasteiger partial charge in [-0.2, -0.15) is 0 Å². The number of thiophene rings is 1. The molecule has 1 amide bonds. The van der Waals surface area contributed by atoms with E-state index in [1.807, 2.05) is 6.07 Å². The van der Waals surface area contributed by atoms with Crippen molar-refractivity contribution in [3.05, 3.63) is 53.4 Å². The van der Waals surface area contributed by atoms with E-state index in [2.05, 4.69) is 5.32 Å². The van der Waals surface area contributed by atoms with Crippen molar-refractivity contribution in [3.8, 4) is 0 Å². The predicted octanol–water partition coefficient (Wildman–Crippen LogP) is 2.40. The monoisotopic (exact) mass is 309 g/mol. The quantitative estimate of drug-likeness (QED) is 0.922. The summed E-state index contributed by atoms with van der Waals surface area (Å²) >= 11 is 1.19. The van der Waals surface area contributed by atoms with Crippen LogP contribution in [0.25, 0.3) is 0 Å². The fourth-order valence-electron chi connectivity index (χ4n) is 1.88. The Kier molecular flexibility index (Phi) is 4.57. The van der Waals surface area contributed by atoms with Gasteiger partial charge >= 0.3 is 0 Å². The lowest BCUT2D eigenvalue weighted by atomic mass is 10.1. The molecule has 2 rings (SSSR count). The molecule has 0 spiro atoms. The third-order valence-electron chi connectivity index (χ3n) is 2.86. The molecule has 0 aliphatic heterocycles. The summed E-state index contributed by atoms with van der Waals surface area (Å²) in [6.45, 7) is 1.44. The van der Waals surface area contributed by atoms with E-state index in [4.69, 9.17) is 0 Å². The van der Waals surface area contributed by atoms with Gasteiger partial charge in [0.1, 0.15) is 9.46 Å². The van der Waals surface area contributed by atoms with Crippen LogP contribution in [0.4, 0.5) is 0 Å². The first kappa shape index (κ1) is 14.7. The molecule has 1 unspecified atom stereocenters. The predicted molar refractivity (Wildman–Crippen MR) is 79.4 cm³/mol. The lowest BCUT2D eigenvalue weighted by molar-refractivity contribution is -0.118. The second-order valence-electron chi connectivity index (χ2n) is 4.31. The van der Waals surface area contributed by atoms with Gasteiger partial charge in [-0.05, 0) is 17.0 Å². The third kappa shape index (κ3) is 3.26. The van der Waals surface area contributed by atoms with Gasteiger partial charge in [-0.15, -0.1) is 11.3 Å². The van der Waals surface area contributed by atoms with Crippen LogP contribution in [0, 0.1) is 0 Å². The largest absolute Gasteiger partial charge is 0.355 e. The minimum atomic E-state index is -3.50. The van der Waals surface area contributed by atoms with Gasteiger partial charge in [0.25, 0.3) is 0 Å². The van der Waals surface area contributed by atoms with Crippen LogP contribution in [-0.4, -0.2) is 20.9 Å². The Balaban J connectivity index is 2.39. The molecule has 0 aliphatic carbocycles. The molecular formula is C14H15NO3S2. The van der Waals surface area contributed by atoms with Crippen LogP contribution < -0.4 is 5.32 Å². The highest BCUT2D eigenvalue weighted by molar-refractivity contribution is 7.93. The zero-order chi connectivity index (χ0) is 14.6. The first-order valence-corrected chi connectivity index (χ1v) is 8.51. The number of benzene rings is 1. The van der Waals surface area contributed by atoms with E-state index in [-0.39, 0.29) is 12.5 Å². The van der Waals surface area contributed by atoms with Crippen molar-refractivity contribution in [2.24, 2.45) is 0 Å². The molecule has 1 atom stereocenters. The number of amides is 1. The first-order chi connectivity index (χ1) is 9.51. The number of carbonyl (C=O) groups is 1. The maximum absolute atomic E-state index is 12.7. The van der Waals surface area contributed by atoms with E-state index in [0.29, 0.717) is 9.77 Å². The Labute approximate surface area is 122 Å². The Morgan fingerprint density at radius 3 is 2.45 bits per heavy atom. The molecule has 0 saturated heterocycles. The molecule has 2 aromatic rings. The topological polar surface area (TPSA) is 63.2 Å². The standard InChI is InChI=1S/C14H15NO3S2/c1-11(16)15-10-13(12-6-3-2-4-7-12)20(17,18)14-8-5-9-19-14/h2-9,13H,10H2,1H3,(H,15,16). The molecule has 0 radical (unpaired) electrons.